The zero-order valence-electron chi connectivity index (χ0n) is 11.0. The van der Waals surface area contributed by atoms with Gasteiger partial charge in [-0.2, -0.15) is 5.10 Å². The molecular formula is C14H14N6. The second kappa shape index (κ2) is 5.48. The standard InChI is InChI=1S/C14H14N6/c1-10-12(9-18-20-10)13-4-6-16-14(19-13)17-8-11-3-2-5-15-7-11/h2-7,9H,8H2,1H3,(H,18,20)(H,16,17,19). The van der Waals surface area contributed by atoms with Crippen LogP contribution in [0.5, 0.6) is 0 Å². The summed E-state index contributed by atoms with van der Waals surface area (Å²) in [6.45, 7) is 2.58. The summed E-state index contributed by atoms with van der Waals surface area (Å²) in [5.41, 5.74) is 3.83. The number of aromatic nitrogens is 5. The Morgan fingerprint density at radius 2 is 2.20 bits per heavy atom. The number of aromatic amines is 1. The Morgan fingerprint density at radius 1 is 1.25 bits per heavy atom. The SMILES string of the molecule is Cc1n[nH]cc1-c1ccnc(NCc2cccnc2)n1. The highest BCUT2D eigenvalue weighted by atomic mass is 15.1. The van der Waals surface area contributed by atoms with Crippen molar-refractivity contribution in [2.24, 2.45) is 0 Å². The van der Waals surface area contributed by atoms with Crippen LogP contribution in [-0.4, -0.2) is 25.1 Å². The molecule has 0 aliphatic carbocycles. The lowest BCUT2D eigenvalue weighted by Crippen LogP contribution is -2.04. The second-order valence-electron chi connectivity index (χ2n) is 4.36. The zero-order valence-corrected chi connectivity index (χ0v) is 11.0. The third kappa shape index (κ3) is 2.64. The van der Waals surface area contributed by atoms with Gasteiger partial charge in [-0.3, -0.25) is 10.1 Å². The molecule has 3 aromatic rings. The fourth-order valence-electron chi connectivity index (χ4n) is 1.90. The molecule has 100 valence electrons. The maximum Gasteiger partial charge on any atom is 0.223 e. The normalized spacial score (nSPS) is 10.4. The van der Waals surface area contributed by atoms with Crippen molar-refractivity contribution in [2.75, 3.05) is 5.32 Å². The summed E-state index contributed by atoms with van der Waals surface area (Å²) in [6, 6.07) is 5.78. The summed E-state index contributed by atoms with van der Waals surface area (Å²) < 4.78 is 0. The van der Waals surface area contributed by atoms with Gasteiger partial charge < -0.3 is 5.32 Å². The summed E-state index contributed by atoms with van der Waals surface area (Å²) in [5, 5.41) is 10.1. The molecule has 0 saturated carbocycles. The van der Waals surface area contributed by atoms with Crippen molar-refractivity contribution in [1.29, 1.82) is 0 Å². The molecule has 3 heterocycles. The topological polar surface area (TPSA) is 79.4 Å². The Labute approximate surface area is 116 Å². The largest absolute Gasteiger partial charge is 0.350 e. The molecule has 0 atom stereocenters. The molecule has 0 spiro atoms. The number of anilines is 1. The van der Waals surface area contributed by atoms with E-state index in [0.29, 0.717) is 12.5 Å². The molecule has 20 heavy (non-hydrogen) atoms. The first-order valence-electron chi connectivity index (χ1n) is 6.29. The third-order valence-electron chi connectivity index (χ3n) is 2.94. The predicted molar refractivity (Wildman–Crippen MR) is 75.9 cm³/mol. The Kier molecular flexibility index (Phi) is 3.36. The van der Waals surface area contributed by atoms with Gasteiger partial charge in [0.15, 0.2) is 0 Å². The Balaban J connectivity index is 1.77. The van der Waals surface area contributed by atoms with Gasteiger partial charge in [0.25, 0.3) is 0 Å². The van der Waals surface area contributed by atoms with Gasteiger partial charge in [-0.05, 0) is 24.6 Å². The average Bonchev–Trinajstić information content (AvgIpc) is 2.93. The summed E-state index contributed by atoms with van der Waals surface area (Å²) in [4.78, 5) is 12.8. The van der Waals surface area contributed by atoms with Gasteiger partial charge in [-0.25, -0.2) is 9.97 Å². The molecule has 0 aromatic carbocycles. The number of hydrogen-bond donors (Lipinski definition) is 2. The fraction of sp³-hybridized carbons (Fsp3) is 0.143. The molecule has 2 N–H and O–H groups in total. The van der Waals surface area contributed by atoms with E-state index in [4.69, 9.17) is 0 Å². The van der Waals surface area contributed by atoms with E-state index in [2.05, 4.69) is 30.5 Å². The van der Waals surface area contributed by atoms with Crippen LogP contribution in [0.2, 0.25) is 0 Å². The van der Waals surface area contributed by atoms with Crippen molar-refractivity contribution in [2.45, 2.75) is 13.5 Å². The molecule has 0 fully saturated rings. The molecule has 0 aliphatic rings. The van der Waals surface area contributed by atoms with Crippen molar-refractivity contribution in [3.8, 4) is 11.3 Å². The average molecular weight is 266 g/mol. The van der Waals surface area contributed by atoms with Gasteiger partial charge in [0.2, 0.25) is 5.95 Å². The summed E-state index contributed by atoms with van der Waals surface area (Å²) in [7, 11) is 0. The van der Waals surface area contributed by atoms with E-state index in [1.807, 2.05) is 37.5 Å². The Hall–Kier alpha value is -2.76. The maximum absolute atomic E-state index is 4.49. The molecule has 0 saturated heterocycles. The van der Waals surface area contributed by atoms with Gasteiger partial charge in [0.05, 0.1) is 11.4 Å². The van der Waals surface area contributed by atoms with Crippen molar-refractivity contribution < 1.29 is 0 Å². The molecule has 6 nitrogen and oxygen atoms in total. The van der Waals surface area contributed by atoms with Crippen LogP contribution in [0.1, 0.15) is 11.3 Å². The van der Waals surface area contributed by atoms with Gasteiger partial charge >= 0.3 is 0 Å². The lowest BCUT2D eigenvalue weighted by atomic mass is 10.2. The first-order valence-corrected chi connectivity index (χ1v) is 6.29. The van der Waals surface area contributed by atoms with Crippen LogP contribution >= 0.6 is 0 Å². The fourth-order valence-corrected chi connectivity index (χ4v) is 1.90. The van der Waals surface area contributed by atoms with Crippen LogP contribution in [0.3, 0.4) is 0 Å². The minimum absolute atomic E-state index is 0.590. The van der Waals surface area contributed by atoms with Crippen molar-refractivity contribution in [1.82, 2.24) is 25.1 Å². The molecule has 6 heteroatoms. The minimum Gasteiger partial charge on any atom is -0.350 e. The monoisotopic (exact) mass is 266 g/mol. The summed E-state index contributed by atoms with van der Waals surface area (Å²) >= 11 is 0. The van der Waals surface area contributed by atoms with E-state index in [1.54, 1.807) is 12.4 Å². The first kappa shape index (κ1) is 12.3. The smallest absolute Gasteiger partial charge is 0.223 e. The van der Waals surface area contributed by atoms with E-state index < -0.39 is 0 Å². The predicted octanol–water partition coefficient (Wildman–Crippen LogP) is 2.18. The molecule has 3 aromatic heterocycles. The number of H-pyrrole nitrogens is 1. The number of nitrogens with one attached hydrogen (secondary N) is 2. The van der Waals surface area contributed by atoms with Gasteiger partial charge in [-0.1, -0.05) is 6.07 Å². The Morgan fingerprint density at radius 3 is 2.95 bits per heavy atom. The lowest BCUT2D eigenvalue weighted by molar-refractivity contribution is 1.04. The molecule has 0 amide bonds. The van der Waals surface area contributed by atoms with Crippen molar-refractivity contribution in [3.05, 3.63) is 54.2 Å². The minimum atomic E-state index is 0.590. The van der Waals surface area contributed by atoms with Crippen LogP contribution in [0.15, 0.2) is 43.0 Å². The van der Waals surface area contributed by atoms with E-state index in [-0.39, 0.29) is 0 Å². The highest BCUT2D eigenvalue weighted by Crippen LogP contribution is 2.19. The number of hydrogen-bond acceptors (Lipinski definition) is 5. The van der Waals surface area contributed by atoms with E-state index in [0.717, 1.165) is 22.5 Å². The first-order chi connectivity index (χ1) is 9.83. The summed E-state index contributed by atoms with van der Waals surface area (Å²) in [5.74, 6) is 0.590. The molecule has 3 rings (SSSR count). The van der Waals surface area contributed by atoms with E-state index in [1.165, 1.54) is 0 Å². The van der Waals surface area contributed by atoms with E-state index >= 15 is 0 Å². The molecule has 0 radical (unpaired) electrons. The molecule has 0 aliphatic heterocycles. The van der Waals surface area contributed by atoms with Crippen LogP contribution in [0.25, 0.3) is 11.3 Å². The quantitative estimate of drug-likeness (QED) is 0.756. The zero-order chi connectivity index (χ0) is 13.8. The molecule has 0 unspecified atom stereocenters. The number of aryl methyl sites for hydroxylation is 1. The second-order valence-corrected chi connectivity index (χ2v) is 4.36. The van der Waals surface area contributed by atoms with Crippen molar-refractivity contribution in [3.63, 3.8) is 0 Å². The lowest BCUT2D eigenvalue weighted by Gasteiger charge is -2.05. The van der Waals surface area contributed by atoms with Crippen LogP contribution in [0.4, 0.5) is 5.95 Å². The highest BCUT2D eigenvalue weighted by molar-refractivity contribution is 5.61. The van der Waals surface area contributed by atoms with Crippen LogP contribution in [-0.2, 0) is 6.54 Å². The number of rotatable bonds is 4. The van der Waals surface area contributed by atoms with Gasteiger partial charge in [0.1, 0.15) is 0 Å². The van der Waals surface area contributed by atoms with E-state index in [9.17, 15) is 0 Å². The molecular weight excluding hydrogens is 252 g/mol. The molecule has 0 bridgehead atoms. The Bertz CT molecular complexity index is 692. The van der Waals surface area contributed by atoms with Gasteiger partial charge in [-0.15, -0.1) is 0 Å². The van der Waals surface area contributed by atoms with Gasteiger partial charge in [0, 0.05) is 36.9 Å². The number of pyridine rings is 1. The van der Waals surface area contributed by atoms with Crippen molar-refractivity contribution >= 4 is 5.95 Å². The van der Waals surface area contributed by atoms with Crippen LogP contribution in [0, 0.1) is 6.92 Å². The third-order valence-corrected chi connectivity index (χ3v) is 2.94. The number of nitrogens with zero attached hydrogens (tertiary/aromatic N) is 4. The maximum atomic E-state index is 4.49. The summed E-state index contributed by atoms with van der Waals surface area (Å²) in [6.07, 6.45) is 7.14. The van der Waals surface area contributed by atoms with Crippen LogP contribution < -0.4 is 5.32 Å². The highest BCUT2D eigenvalue weighted by Gasteiger charge is 2.06.